The maximum atomic E-state index is 5.28. The second kappa shape index (κ2) is 7.01. The van der Waals surface area contributed by atoms with E-state index in [-0.39, 0.29) is 0 Å². The van der Waals surface area contributed by atoms with Crippen LogP contribution in [0, 0.1) is 13.8 Å². The first-order valence-corrected chi connectivity index (χ1v) is 7.08. The lowest BCUT2D eigenvalue weighted by atomic mass is 10.1. The molecular weight excluding hydrogens is 266 g/mol. The number of pyridine rings is 1. The fraction of sp³-hybridized carbons (Fsp3) is 0.250. The van der Waals surface area contributed by atoms with Crippen LogP contribution in [0.15, 0.2) is 42.6 Å². The van der Waals surface area contributed by atoms with Crippen molar-refractivity contribution in [2.45, 2.75) is 20.3 Å². The first-order valence-electron chi connectivity index (χ1n) is 6.68. The van der Waals surface area contributed by atoms with Gasteiger partial charge >= 0.3 is 0 Å². The number of hydrogen-bond donors (Lipinski definition) is 2. The Bertz CT molecular complexity index is 596. The summed E-state index contributed by atoms with van der Waals surface area (Å²) in [5, 5.41) is 6.95. The van der Waals surface area contributed by atoms with Gasteiger partial charge in [0, 0.05) is 12.7 Å². The van der Waals surface area contributed by atoms with Gasteiger partial charge in [0.1, 0.15) is 5.82 Å². The summed E-state index contributed by atoms with van der Waals surface area (Å²) in [6, 6.07) is 12.3. The number of nitrogens with one attached hydrogen (secondary N) is 2. The van der Waals surface area contributed by atoms with Crippen molar-refractivity contribution in [3.63, 3.8) is 0 Å². The van der Waals surface area contributed by atoms with Crippen LogP contribution in [0.3, 0.4) is 0 Å². The Morgan fingerprint density at radius 1 is 1.10 bits per heavy atom. The first kappa shape index (κ1) is 14.5. The zero-order chi connectivity index (χ0) is 14.4. The molecule has 0 saturated carbocycles. The lowest BCUT2D eigenvalue weighted by molar-refractivity contribution is 0.867. The molecule has 0 bridgehead atoms. The van der Waals surface area contributed by atoms with Gasteiger partial charge < -0.3 is 10.6 Å². The lowest BCUT2D eigenvalue weighted by Gasteiger charge is -2.12. The molecule has 0 unspecified atom stereocenters. The van der Waals surface area contributed by atoms with Crippen LogP contribution in [0.4, 0.5) is 5.82 Å². The van der Waals surface area contributed by atoms with Crippen molar-refractivity contribution >= 4 is 23.1 Å². The second-order valence-electron chi connectivity index (χ2n) is 4.73. The van der Waals surface area contributed by atoms with Gasteiger partial charge in [-0.15, -0.1) is 0 Å². The Labute approximate surface area is 125 Å². The van der Waals surface area contributed by atoms with E-state index in [1.54, 1.807) is 6.20 Å². The van der Waals surface area contributed by atoms with Crippen LogP contribution in [0.25, 0.3) is 0 Å². The van der Waals surface area contributed by atoms with E-state index in [0.29, 0.717) is 5.11 Å². The second-order valence-corrected chi connectivity index (χ2v) is 5.13. The summed E-state index contributed by atoms with van der Waals surface area (Å²) >= 11 is 5.28. The van der Waals surface area contributed by atoms with E-state index in [9.17, 15) is 0 Å². The van der Waals surface area contributed by atoms with Crippen molar-refractivity contribution in [1.29, 1.82) is 0 Å². The molecular formula is C16H19N3S. The minimum absolute atomic E-state index is 0.611. The summed E-state index contributed by atoms with van der Waals surface area (Å²) in [6.07, 6.45) is 2.71. The molecule has 0 radical (unpaired) electrons. The number of aryl methyl sites for hydroxylation is 2. The van der Waals surface area contributed by atoms with Crippen LogP contribution < -0.4 is 10.6 Å². The van der Waals surface area contributed by atoms with Crippen molar-refractivity contribution in [3.8, 4) is 0 Å². The Balaban J connectivity index is 1.82. The summed E-state index contributed by atoms with van der Waals surface area (Å²) < 4.78 is 0. The maximum Gasteiger partial charge on any atom is 0.171 e. The molecule has 0 aliphatic carbocycles. The average Bonchev–Trinajstić information content (AvgIpc) is 2.43. The largest absolute Gasteiger partial charge is 0.362 e. The van der Waals surface area contributed by atoms with Gasteiger partial charge in [-0.1, -0.05) is 30.3 Å². The zero-order valence-electron chi connectivity index (χ0n) is 11.8. The van der Waals surface area contributed by atoms with Crippen LogP contribution in [-0.2, 0) is 6.42 Å². The monoisotopic (exact) mass is 285 g/mol. The topological polar surface area (TPSA) is 37.0 Å². The molecule has 0 fully saturated rings. The molecule has 0 aliphatic heterocycles. The van der Waals surface area contributed by atoms with E-state index in [0.717, 1.165) is 24.3 Å². The van der Waals surface area contributed by atoms with Crippen LogP contribution in [0.5, 0.6) is 0 Å². The molecule has 1 aromatic heterocycles. The molecule has 1 heterocycles. The molecule has 0 amide bonds. The predicted octanol–water partition coefficient (Wildman–Crippen LogP) is 3.23. The van der Waals surface area contributed by atoms with Gasteiger partial charge in [0.2, 0.25) is 0 Å². The summed E-state index contributed by atoms with van der Waals surface area (Å²) in [6.45, 7) is 4.94. The third-order valence-corrected chi connectivity index (χ3v) is 3.43. The first-order chi connectivity index (χ1) is 9.66. The van der Waals surface area contributed by atoms with Crippen LogP contribution in [0.1, 0.15) is 16.7 Å². The molecule has 0 saturated heterocycles. The Kier molecular flexibility index (Phi) is 5.07. The quantitative estimate of drug-likeness (QED) is 0.846. The molecule has 104 valence electrons. The third kappa shape index (κ3) is 4.03. The molecule has 2 N–H and O–H groups in total. The standard InChI is InChI=1S/C16H19N3S/c1-12-6-3-4-8-14(12)9-11-18-16(20)19-15-13(2)7-5-10-17-15/h3-8,10H,9,11H2,1-2H3,(H2,17,18,19,20). The molecule has 0 spiro atoms. The van der Waals surface area contributed by atoms with Crippen LogP contribution >= 0.6 is 12.2 Å². The van der Waals surface area contributed by atoms with Crippen molar-refractivity contribution in [1.82, 2.24) is 10.3 Å². The van der Waals surface area contributed by atoms with Crippen LogP contribution in [0.2, 0.25) is 0 Å². The number of anilines is 1. The van der Waals surface area contributed by atoms with Crippen molar-refractivity contribution < 1.29 is 0 Å². The van der Waals surface area contributed by atoms with Crippen molar-refractivity contribution in [3.05, 3.63) is 59.3 Å². The lowest BCUT2D eigenvalue weighted by Crippen LogP contribution is -2.30. The fourth-order valence-corrected chi connectivity index (χ4v) is 2.17. The van der Waals surface area contributed by atoms with Gasteiger partial charge in [0.15, 0.2) is 5.11 Å². The predicted molar refractivity (Wildman–Crippen MR) is 88.1 cm³/mol. The molecule has 1 aromatic carbocycles. The van der Waals surface area contributed by atoms with E-state index in [4.69, 9.17) is 12.2 Å². The normalized spacial score (nSPS) is 10.1. The minimum atomic E-state index is 0.611. The average molecular weight is 285 g/mol. The van der Waals surface area contributed by atoms with E-state index in [1.165, 1.54) is 11.1 Å². The fourth-order valence-electron chi connectivity index (χ4n) is 1.97. The molecule has 0 atom stereocenters. The number of thiocarbonyl (C=S) groups is 1. The summed E-state index contributed by atoms with van der Waals surface area (Å²) in [5.41, 5.74) is 3.74. The zero-order valence-corrected chi connectivity index (χ0v) is 12.6. The maximum absolute atomic E-state index is 5.28. The molecule has 4 heteroatoms. The smallest absolute Gasteiger partial charge is 0.171 e. The van der Waals surface area contributed by atoms with E-state index < -0.39 is 0 Å². The number of hydrogen-bond acceptors (Lipinski definition) is 2. The molecule has 2 rings (SSSR count). The Hall–Kier alpha value is -1.94. The summed E-state index contributed by atoms with van der Waals surface area (Å²) in [4.78, 5) is 4.26. The highest BCUT2D eigenvalue weighted by molar-refractivity contribution is 7.80. The molecule has 0 aliphatic rings. The van der Waals surface area contributed by atoms with E-state index in [2.05, 4.69) is 46.8 Å². The van der Waals surface area contributed by atoms with Crippen LogP contribution in [-0.4, -0.2) is 16.6 Å². The summed E-state index contributed by atoms with van der Waals surface area (Å²) in [7, 11) is 0. The van der Waals surface area contributed by atoms with Gasteiger partial charge in [-0.3, -0.25) is 0 Å². The molecule has 3 nitrogen and oxygen atoms in total. The SMILES string of the molecule is Cc1ccccc1CCNC(=S)Nc1ncccc1C. The van der Waals surface area contributed by atoms with Gasteiger partial charge in [-0.25, -0.2) is 4.98 Å². The van der Waals surface area contributed by atoms with Crippen molar-refractivity contribution in [2.75, 3.05) is 11.9 Å². The highest BCUT2D eigenvalue weighted by Gasteiger charge is 2.02. The van der Waals surface area contributed by atoms with Gasteiger partial charge in [0.25, 0.3) is 0 Å². The third-order valence-electron chi connectivity index (χ3n) is 3.18. The molecule has 2 aromatic rings. The highest BCUT2D eigenvalue weighted by Crippen LogP contribution is 2.09. The Morgan fingerprint density at radius 3 is 2.60 bits per heavy atom. The van der Waals surface area contributed by atoms with Gasteiger partial charge in [-0.2, -0.15) is 0 Å². The number of aromatic nitrogens is 1. The number of nitrogens with zero attached hydrogens (tertiary/aromatic N) is 1. The molecule has 20 heavy (non-hydrogen) atoms. The summed E-state index contributed by atoms with van der Waals surface area (Å²) in [5.74, 6) is 0.806. The Morgan fingerprint density at radius 2 is 1.85 bits per heavy atom. The van der Waals surface area contributed by atoms with Gasteiger partial charge in [-0.05, 0) is 55.2 Å². The highest BCUT2D eigenvalue weighted by atomic mass is 32.1. The van der Waals surface area contributed by atoms with E-state index in [1.807, 2.05) is 19.1 Å². The number of benzene rings is 1. The van der Waals surface area contributed by atoms with E-state index >= 15 is 0 Å². The van der Waals surface area contributed by atoms with Crippen molar-refractivity contribution in [2.24, 2.45) is 0 Å². The number of rotatable bonds is 4. The minimum Gasteiger partial charge on any atom is -0.362 e. The van der Waals surface area contributed by atoms with Gasteiger partial charge in [0.05, 0.1) is 0 Å².